The van der Waals surface area contributed by atoms with Crippen LogP contribution in [-0.2, 0) is 16.6 Å². The van der Waals surface area contributed by atoms with Crippen molar-refractivity contribution in [2.24, 2.45) is 0 Å². The molecule has 0 radical (unpaired) electrons. The van der Waals surface area contributed by atoms with Crippen LogP contribution in [0.3, 0.4) is 0 Å². The van der Waals surface area contributed by atoms with Crippen molar-refractivity contribution in [1.29, 1.82) is 0 Å². The van der Waals surface area contributed by atoms with Gasteiger partial charge in [0.1, 0.15) is 0 Å². The number of hydrogen-bond donors (Lipinski definition) is 0. The third kappa shape index (κ3) is 3.59. The van der Waals surface area contributed by atoms with E-state index in [1.807, 2.05) is 13.8 Å². The minimum absolute atomic E-state index is 0.578. The summed E-state index contributed by atoms with van der Waals surface area (Å²) >= 11 is 0. The molecule has 1 nitrogen and oxygen atoms in total. The van der Waals surface area contributed by atoms with Gasteiger partial charge in [-0.2, -0.15) is 13.2 Å². The topological polar surface area (TPSA) is 9.23 Å². The highest BCUT2D eigenvalue weighted by Crippen LogP contribution is 2.31. The maximum Gasteiger partial charge on any atom is 0.416 e. The highest BCUT2D eigenvalue weighted by atomic mass is 28.4. The predicted molar refractivity (Wildman–Crippen MR) is 68.9 cm³/mol. The molecule has 0 aromatic heterocycles. The van der Waals surface area contributed by atoms with Crippen molar-refractivity contribution in [3.05, 3.63) is 35.4 Å². The third-order valence-corrected chi connectivity index (χ3v) is 8.00. The van der Waals surface area contributed by atoms with E-state index in [1.54, 1.807) is 13.2 Å². The number of alkyl halides is 3. The third-order valence-electron chi connectivity index (χ3n) is 3.50. The molecule has 0 bridgehead atoms. The van der Waals surface area contributed by atoms with Crippen LogP contribution in [0.5, 0.6) is 0 Å². The Morgan fingerprint density at radius 1 is 1.17 bits per heavy atom. The quantitative estimate of drug-likeness (QED) is 0.723. The number of rotatable bonds is 5. The van der Waals surface area contributed by atoms with Crippen LogP contribution in [0.4, 0.5) is 13.2 Å². The fraction of sp³-hybridized carbons (Fsp3) is 0.538. The smallest absolute Gasteiger partial charge is 0.416 e. The summed E-state index contributed by atoms with van der Waals surface area (Å²) < 4.78 is 43.5. The van der Waals surface area contributed by atoms with Crippen molar-refractivity contribution in [1.82, 2.24) is 0 Å². The van der Waals surface area contributed by atoms with Gasteiger partial charge in [0.15, 0.2) is 8.32 Å². The van der Waals surface area contributed by atoms with Gasteiger partial charge in [-0.25, -0.2) is 0 Å². The molecule has 0 saturated heterocycles. The zero-order valence-electron chi connectivity index (χ0n) is 11.0. The van der Waals surface area contributed by atoms with Gasteiger partial charge in [0.2, 0.25) is 0 Å². The summed E-state index contributed by atoms with van der Waals surface area (Å²) in [6.07, 6.45) is -4.27. The lowest BCUT2D eigenvalue weighted by molar-refractivity contribution is -0.137. The SMILES string of the molecule is CC[Si](CC)(Cc1cccc(C(F)(F)F)c1)OC. The monoisotopic (exact) mass is 276 g/mol. The molecule has 18 heavy (non-hydrogen) atoms. The largest absolute Gasteiger partial charge is 0.420 e. The Labute approximate surface area is 107 Å². The molecule has 0 aliphatic rings. The van der Waals surface area contributed by atoms with Gasteiger partial charge in [-0.05, 0) is 29.8 Å². The molecule has 1 aromatic carbocycles. The van der Waals surface area contributed by atoms with Crippen LogP contribution in [0, 0.1) is 0 Å². The molecule has 5 heteroatoms. The van der Waals surface area contributed by atoms with E-state index in [1.165, 1.54) is 12.1 Å². The van der Waals surface area contributed by atoms with Crippen molar-refractivity contribution in [3.63, 3.8) is 0 Å². The van der Waals surface area contributed by atoms with E-state index in [2.05, 4.69) is 0 Å². The van der Waals surface area contributed by atoms with Crippen molar-refractivity contribution in [3.8, 4) is 0 Å². The van der Waals surface area contributed by atoms with Crippen LogP contribution in [0.2, 0.25) is 12.1 Å². The van der Waals surface area contributed by atoms with Crippen LogP contribution in [0.1, 0.15) is 25.0 Å². The Balaban J connectivity index is 2.98. The molecule has 0 N–H and O–H groups in total. The molecule has 0 amide bonds. The van der Waals surface area contributed by atoms with Gasteiger partial charge in [0.25, 0.3) is 0 Å². The second kappa shape index (κ2) is 5.89. The Morgan fingerprint density at radius 3 is 2.22 bits per heavy atom. The summed E-state index contributed by atoms with van der Waals surface area (Å²) in [5, 5.41) is 0. The molecule has 0 fully saturated rings. The van der Waals surface area contributed by atoms with E-state index in [0.29, 0.717) is 6.04 Å². The lowest BCUT2D eigenvalue weighted by Crippen LogP contribution is -2.38. The van der Waals surface area contributed by atoms with Gasteiger partial charge in [-0.1, -0.05) is 32.0 Å². The van der Waals surface area contributed by atoms with Crippen LogP contribution in [0.15, 0.2) is 24.3 Å². The van der Waals surface area contributed by atoms with E-state index in [-0.39, 0.29) is 0 Å². The lowest BCUT2D eigenvalue weighted by Gasteiger charge is -2.27. The highest BCUT2D eigenvalue weighted by Gasteiger charge is 2.33. The first kappa shape index (κ1) is 15.2. The molecule has 102 valence electrons. The summed E-state index contributed by atoms with van der Waals surface area (Å²) in [5.74, 6) is 0. The zero-order valence-corrected chi connectivity index (χ0v) is 12.0. The van der Waals surface area contributed by atoms with Gasteiger partial charge in [0, 0.05) is 7.11 Å². The zero-order chi connectivity index (χ0) is 13.8. The molecule has 0 aliphatic heterocycles. The standard InChI is InChI=1S/C13H19F3OSi/c1-4-18(5-2,17-3)10-11-7-6-8-12(9-11)13(14,15)16/h6-9H,4-5,10H2,1-3H3. The number of benzene rings is 1. The van der Waals surface area contributed by atoms with E-state index >= 15 is 0 Å². The van der Waals surface area contributed by atoms with Crippen LogP contribution in [-0.4, -0.2) is 15.4 Å². The van der Waals surface area contributed by atoms with Crippen molar-refractivity contribution < 1.29 is 17.6 Å². The van der Waals surface area contributed by atoms with Gasteiger partial charge < -0.3 is 4.43 Å². The normalized spacial score (nSPS) is 12.8. The minimum atomic E-state index is -4.27. The van der Waals surface area contributed by atoms with Crippen LogP contribution >= 0.6 is 0 Å². The molecule has 0 unspecified atom stereocenters. The van der Waals surface area contributed by atoms with Crippen LogP contribution < -0.4 is 0 Å². The Hall–Kier alpha value is -0.813. The summed E-state index contributed by atoms with van der Waals surface area (Å²) in [6, 6.07) is 8.04. The van der Waals surface area contributed by atoms with Crippen LogP contribution in [0.25, 0.3) is 0 Å². The van der Waals surface area contributed by atoms with Gasteiger partial charge in [-0.3, -0.25) is 0 Å². The van der Waals surface area contributed by atoms with E-state index in [0.717, 1.165) is 23.7 Å². The molecular weight excluding hydrogens is 257 g/mol. The van der Waals surface area contributed by atoms with Crippen molar-refractivity contribution in [2.45, 2.75) is 38.2 Å². The molecule has 1 rings (SSSR count). The highest BCUT2D eigenvalue weighted by molar-refractivity contribution is 6.73. The Morgan fingerprint density at radius 2 is 1.78 bits per heavy atom. The Bertz CT molecular complexity index is 378. The summed E-state index contributed by atoms with van der Waals surface area (Å²) in [5.41, 5.74) is 0.147. The fourth-order valence-electron chi connectivity index (χ4n) is 2.09. The molecule has 1 aromatic rings. The van der Waals surface area contributed by atoms with Gasteiger partial charge in [0.05, 0.1) is 5.56 Å². The Kier molecular flexibility index (Phi) is 4.98. The molecule has 0 aliphatic carbocycles. The summed E-state index contributed by atoms with van der Waals surface area (Å²) in [6.45, 7) is 4.10. The summed E-state index contributed by atoms with van der Waals surface area (Å²) in [7, 11) is -0.234. The maximum absolute atomic E-state index is 12.6. The number of hydrogen-bond acceptors (Lipinski definition) is 1. The van der Waals surface area contributed by atoms with E-state index in [4.69, 9.17) is 4.43 Å². The van der Waals surface area contributed by atoms with E-state index in [9.17, 15) is 13.2 Å². The predicted octanol–water partition coefficient (Wildman–Crippen LogP) is 4.42. The minimum Gasteiger partial charge on any atom is -0.420 e. The van der Waals surface area contributed by atoms with E-state index < -0.39 is 20.1 Å². The second-order valence-electron chi connectivity index (χ2n) is 4.47. The van der Waals surface area contributed by atoms with Crippen molar-refractivity contribution >= 4 is 8.32 Å². The first-order chi connectivity index (χ1) is 8.37. The molecule has 0 heterocycles. The number of halogens is 3. The fourth-order valence-corrected chi connectivity index (χ4v) is 4.78. The lowest BCUT2D eigenvalue weighted by atomic mass is 10.1. The molecule has 0 saturated carbocycles. The molecule has 0 atom stereocenters. The summed E-state index contributed by atoms with van der Waals surface area (Å²) in [4.78, 5) is 0. The average Bonchev–Trinajstić information content (AvgIpc) is 2.35. The molecule has 0 spiro atoms. The first-order valence-corrected chi connectivity index (χ1v) is 8.61. The van der Waals surface area contributed by atoms with Gasteiger partial charge >= 0.3 is 6.18 Å². The van der Waals surface area contributed by atoms with Crippen molar-refractivity contribution in [2.75, 3.05) is 7.11 Å². The van der Waals surface area contributed by atoms with Gasteiger partial charge in [-0.15, -0.1) is 0 Å². The molecular formula is C13H19F3OSi. The first-order valence-electron chi connectivity index (χ1n) is 6.08. The average molecular weight is 276 g/mol. The maximum atomic E-state index is 12.6. The second-order valence-corrected chi connectivity index (χ2v) is 9.01.